The Hall–Kier alpha value is -3.80. The van der Waals surface area contributed by atoms with Gasteiger partial charge in [-0.3, -0.25) is 23.9 Å². The minimum atomic E-state index is -0.846. The minimum Gasteiger partial charge on any atom is -0.343 e. The minimum absolute atomic E-state index is 0.00747. The summed E-state index contributed by atoms with van der Waals surface area (Å²) in [6.07, 6.45) is 6.62. The maximum atomic E-state index is 15.7. The van der Waals surface area contributed by atoms with Crippen molar-refractivity contribution in [3.63, 3.8) is 0 Å². The van der Waals surface area contributed by atoms with Gasteiger partial charge in [-0.25, -0.2) is 4.39 Å². The number of benzene rings is 1. The smallest absolute Gasteiger partial charge is 0.270 e. The molecule has 3 fully saturated rings. The fraction of sp³-hybridized carbons (Fsp3) is 0.618. The standard InChI is InChI=1S/C34H48FN7O4/c1-5-42-28(14-15-36-42)32(44)39-30(23-8-6-21(2)7-9-23)33(45)37-27-13-12-25(20-26(27)35)22(3)29(38-31(43)24-10-11-24)34(46)41-18-16-40(4)17-19-41/h12-15,20-24,29-30H,5-11,16-19H2,1-4H3,(H,37,45)(H,38,43)(H,39,44)/t21-,22-,23-,29+,30-/m0/s1. The fourth-order valence-corrected chi connectivity index (χ4v) is 6.57. The lowest BCUT2D eigenvalue weighted by atomic mass is 9.79. The van der Waals surface area contributed by atoms with Crippen LogP contribution >= 0.6 is 0 Å². The Morgan fingerprint density at radius 3 is 2.30 bits per heavy atom. The molecule has 1 saturated heterocycles. The summed E-state index contributed by atoms with van der Waals surface area (Å²) >= 11 is 0. The SMILES string of the molecule is CCn1nccc1C(=O)N[C@H](C(=O)Nc1ccc([C@H](C)[C@@H](NC(=O)C2CC2)C(=O)N2CCN(C)CC2)cc1F)[C@H]1CC[C@H](C)CC1. The van der Waals surface area contributed by atoms with Gasteiger partial charge >= 0.3 is 0 Å². The van der Waals surface area contributed by atoms with Crippen molar-refractivity contribution in [1.82, 2.24) is 30.2 Å². The van der Waals surface area contributed by atoms with E-state index >= 15 is 4.39 Å². The highest BCUT2D eigenvalue weighted by atomic mass is 19.1. The maximum Gasteiger partial charge on any atom is 0.270 e. The molecule has 3 atom stereocenters. The van der Waals surface area contributed by atoms with Crippen LogP contribution in [0.2, 0.25) is 0 Å². The van der Waals surface area contributed by atoms with E-state index in [1.54, 1.807) is 27.9 Å². The molecule has 11 nitrogen and oxygen atoms in total. The van der Waals surface area contributed by atoms with Crippen molar-refractivity contribution in [2.24, 2.45) is 17.8 Å². The Morgan fingerprint density at radius 1 is 0.978 bits per heavy atom. The van der Waals surface area contributed by atoms with E-state index in [1.807, 2.05) is 20.9 Å². The van der Waals surface area contributed by atoms with E-state index in [2.05, 4.69) is 32.9 Å². The number of halogens is 1. The van der Waals surface area contributed by atoms with Gasteiger partial charge in [0.2, 0.25) is 17.7 Å². The molecule has 12 heteroatoms. The quantitative estimate of drug-likeness (QED) is 0.347. The molecule has 1 aromatic carbocycles. The average molecular weight is 638 g/mol. The van der Waals surface area contributed by atoms with Crippen molar-refractivity contribution in [3.8, 4) is 0 Å². The van der Waals surface area contributed by atoms with E-state index < -0.39 is 35.6 Å². The van der Waals surface area contributed by atoms with Crippen LogP contribution in [0.25, 0.3) is 0 Å². The van der Waals surface area contributed by atoms with E-state index in [4.69, 9.17) is 0 Å². The van der Waals surface area contributed by atoms with Gasteiger partial charge in [0.05, 0.1) is 5.69 Å². The molecule has 3 aliphatic rings. The number of rotatable bonds is 11. The van der Waals surface area contributed by atoms with E-state index in [9.17, 15) is 19.2 Å². The number of hydrogen-bond acceptors (Lipinski definition) is 6. The number of nitrogens with one attached hydrogen (secondary N) is 3. The van der Waals surface area contributed by atoms with Crippen LogP contribution in [-0.2, 0) is 20.9 Å². The Balaban J connectivity index is 1.32. The molecular formula is C34H48FN7O4. The number of piperazine rings is 1. The molecule has 3 N–H and O–H groups in total. The van der Waals surface area contributed by atoms with Gasteiger partial charge < -0.3 is 25.8 Å². The molecule has 0 spiro atoms. The zero-order chi connectivity index (χ0) is 33.0. The monoisotopic (exact) mass is 637 g/mol. The van der Waals surface area contributed by atoms with Crippen LogP contribution in [0.5, 0.6) is 0 Å². The summed E-state index contributed by atoms with van der Waals surface area (Å²) in [6, 6.07) is 4.44. The van der Waals surface area contributed by atoms with E-state index in [-0.39, 0.29) is 29.3 Å². The fourth-order valence-electron chi connectivity index (χ4n) is 6.57. The van der Waals surface area contributed by atoms with Crippen molar-refractivity contribution >= 4 is 29.3 Å². The van der Waals surface area contributed by atoms with Crippen LogP contribution in [0.1, 0.15) is 81.3 Å². The first-order valence-corrected chi connectivity index (χ1v) is 16.8. The van der Waals surface area contributed by atoms with Gasteiger partial charge in [-0.15, -0.1) is 0 Å². The third-order valence-corrected chi connectivity index (χ3v) is 9.95. The van der Waals surface area contributed by atoms with Crippen LogP contribution in [0, 0.1) is 23.6 Å². The van der Waals surface area contributed by atoms with Crippen molar-refractivity contribution in [2.45, 2.75) is 83.8 Å². The molecule has 4 amide bonds. The highest BCUT2D eigenvalue weighted by Gasteiger charge is 2.38. The molecule has 2 heterocycles. The lowest BCUT2D eigenvalue weighted by molar-refractivity contribution is -0.138. The van der Waals surface area contributed by atoms with Gasteiger partial charge in [-0.2, -0.15) is 5.10 Å². The van der Waals surface area contributed by atoms with E-state index in [0.717, 1.165) is 51.6 Å². The Kier molecular flexibility index (Phi) is 10.8. The predicted octanol–water partition coefficient (Wildman–Crippen LogP) is 3.38. The van der Waals surface area contributed by atoms with E-state index in [0.29, 0.717) is 36.8 Å². The maximum absolute atomic E-state index is 15.7. The van der Waals surface area contributed by atoms with E-state index in [1.165, 1.54) is 12.1 Å². The molecule has 2 aromatic rings. The molecule has 250 valence electrons. The zero-order valence-corrected chi connectivity index (χ0v) is 27.4. The van der Waals surface area contributed by atoms with Gasteiger partial charge in [0, 0.05) is 50.8 Å². The molecule has 1 aromatic heterocycles. The average Bonchev–Trinajstić information content (AvgIpc) is 3.80. The zero-order valence-electron chi connectivity index (χ0n) is 27.4. The van der Waals surface area contributed by atoms with Crippen LogP contribution in [-0.4, -0.2) is 88.5 Å². The van der Waals surface area contributed by atoms with Gasteiger partial charge in [0.1, 0.15) is 23.6 Å². The number of likely N-dealkylation sites (N-methyl/N-ethyl adjacent to an activating group) is 1. The highest BCUT2D eigenvalue weighted by molar-refractivity contribution is 6.00. The number of nitrogens with zero attached hydrogens (tertiary/aromatic N) is 4. The van der Waals surface area contributed by atoms with Crippen LogP contribution in [0.4, 0.5) is 10.1 Å². The predicted molar refractivity (Wildman–Crippen MR) is 172 cm³/mol. The van der Waals surface area contributed by atoms with Crippen molar-refractivity contribution in [2.75, 3.05) is 38.5 Å². The lowest BCUT2D eigenvalue weighted by Crippen LogP contribution is -2.56. The van der Waals surface area contributed by atoms with Crippen LogP contribution in [0.3, 0.4) is 0 Å². The second-order valence-corrected chi connectivity index (χ2v) is 13.4. The summed E-state index contributed by atoms with van der Waals surface area (Å²) in [5.74, 6) is -1.96. The number of amides is 4. The highest BCUT2D eigenvalue weighted by Crippen LogP contribution is 2.33. The summed E-state index contributed by atoms with van der Waals surface area (Å²) in [5.41, 5.74) is 0.897. The van der Waals surface area contributed by atoms with Crippen molar-refractivity contribution in [1.29, 1.82) is 0 Å². The number of aromatic nitrogens is 2. The number of carbonyl (C=O) groups excluding carboxylic acids is 4. The Morgan fingerprint density at radius 2 is 1.67 bits per heavy atom. The van der Waals surface area contributed by atoms with Gasteiger partial charge in [0.25, 0.3) is 5.91 Å². The molecule has 2 saturated carbocycles. The van der Waals surface area contributed by atoms with Crippen molar-refractivity contribution in [3.05, 3.63) is 47.5 Å². The topological polar surface area (TPSA) is 129 Å². The van der Waals surface area contributed by atoms with Crippen molar-refractivity contribution < 1.29 is 23.6 Å². The molecule has 0 bridgehead atoms. The molecule has 0 radical (unpaired) electrons. The molecule has 5 rings (SSSR count). The number of anilines is 1. The van der Waals surface area contributed by atoms with Crippen LogP contribution < -0.4 is 16.0 Å². The first-order valence-electron chi connectivity index (χ1n) is 16.8. The summed E-state index contributed by atoms with van der Waals surface area (Å²) in [4.78, 5) is 57.3. The van der Waals surface area contributed by atoms with Gasteiger partial charge in [-0.05, 0) is 75.3 Å². The largest absolute Gasteiger partial charge is 0.343 e. The number of hydrogen-bond donors (Lipinski definition) is 3. The number of carbonyl (C=O) groups is 4. The third-order valence-electron chi connectivity index (χ3n) is 9.95. The first kappa shape index (κ1) is 33.6. The summed E-state index contributed by atoms with van der Waals surface area (Å²) < 4.78 is 17.2. The molecular weight excluding hydrogens is 589 g/mol. The summed E-state index contributed by atoms with van der Waals surface area (Å²) in [7, 11) is 2.01. The summed E-state index contributed by atoms with van der Waals surface area (Å²) in [6.45, 7) is 9.01. The molecule has 46 heavy (non-hydrogen) atoms. The second-order valence-electron chi connectivity index (χ2n) is 13.4. The second kappa shape index (κ2) is 14.7. The van der Waals surface area contributed by atoms with Gasteiger partial charge in [0.15, 0.2) is 0 Å². The molecule has 2 aliphatic carbocycles. The third kappa shape index (κ3) is 7.94. The Bertz CT molecular complexity index is 1410. The number of aryl methyl sites for hydroxylation is 1. The lowest BCUT2D eigenvalue weighted by Gasteiger charge is -2.36. The van der Waals surface area contributed by atoms with Crippen LogP contribution in [0.15, 0.2) is 30.5 Å². The Labute approximate surface area is 270 Å². The van der Waals surface area contributed by atoms with Gasteiger partial charge in [-0.1, -0.05) is 32.8 Å². The normalized spacial score (nSPS) is 22.4. The first-order chi connectivity index (χ1) is 22.0. The summed E-state index contributed by atoms with van der Waals surface area (Å²) in [5, 5.41) is 12.8. The molecule has 0 unspecified atom stereocenters. The molecule has 1 aliphatic heterocycles.